The maximum absolute atomic E-state index is 12.5. The largest absolute Gasteiger partial charge is 0.372 e. The zero-order valence-corrected chi connectivity index (χ0v) is 14.9. The number of ether oxygens (including phenoxy) is 1. The number of carbonyl (C=O) groups is 2. The number of benzene rings is 1. The van der Waals surface area contributed by atoms with Gasteiger partial charge in [-0.3, -0.25) is 14.6 Å². The second-order valence-electron chi connectivity index (χ2n) is 6.46. The summed E-state index contributed by atoms with van der Waals surface area (Å²) in [5.41, 5.74) is 2.57. The molecular weight excluding hydrogens is 330 g/mol. The topological polar surface area (TPSA) is 71.5 Å². The van der Waals surface area contributed by atoms with Crippen LogP contribution >= 0.6 is 0 Å². The number of amides is 2. The average molecular weight is 353 g/mol. The lowest BCUT2D eigenvalue weighted by Crippen LogP contribution is -2.47. The highest BCUT2D eigenvalue weighted by molar-refractivity contribution is 6.39. The first-order chi connectivity index (χ1) is 12.6. The maximum Gasteiger partial charge on any atom is 0.313 e. The number of para-hydroxylation sites is 1. The van der Waals surface area contributed by atoms with Crippen LogP contribution in [0, 0.1) is 6.92 Å². The molecule has 0 radical (unpaired) electrons. The molecule has 3 rings (SSSR count). The summed E-state index contributed by atoms with van der Waals surface area (Å²) in [5.74, 6) is -1.12. The summed E-state index contributed by atoms with van der Waals surface area (Å²) >= 11 is 0. The van der Waals surface area contributed by atoms with Crippen molar-refractivity contribution in [1.29, 1.82) is 0 Å². The van der Waals surface area contributed by atoms with Crippen LogP contribution in [-0.4, -0.2) is 40.9 Å². The normalized spacial score (nSPS) is 17.0. The third-order valence-corrected chi connectivity index (χ3v) is 4.46. The van der Waals surface area contributed by atoms with Crippen molar-refractivity contribution < 1.29 is 14.3 Å². The molecule has 6 nitrogen and oxygen atoms in total. The first-order valence-corrected chi connectivity index (χ1v) is 8.80. The number of aromatic nitrogens is 1. The van der Waals surface area contributed by atoms with Crippen molar-refractivity contribution in [3.05, 3.63) is 59.9 Å². The Hall–Kier alpha value is -2.73. The molecule has 1 saturated heterocycles. The summed E-state index contributed by atoms with van der Waals surface area (Å²) in [6, 6.07) is 11.2. The highest BCUT2D eigenvalue weighted by Crippen LogP contribution is 2.17. The Balaban J connectivity index is 1.54. The smallest absolute Gasteiger partial charge is 0.313 e. The van der Waals surface area contributed by atoms with Gasteiger partial charge in [-0.15, -0.1) is 0 Å². The Kier molecular flexibility index (Phi) is 5.96. The van der Waals surface area contributed by atoms with Gasteiger partial charge in [0.15, 0.2) is 0 Å². The van der Waals surface area contributed by atoms with E-state index in [1.54, 1.807) is 23.4 Å². The molecule has 0 aliphatic carbocycles. The first kappa shape index (κ1) is 18.1. The van der Waals surface area contributed by atoms with Gasteiger partial charge in [0.05, 0.1) is 12.7 Å². The molecule has 26 heavy (non-hydrogen) atoms. The molecule has 1 atom stereocenters. The van der Waals surface area contributed by atoms with Crippen LogP contribution in [0.1, 0.15) is 24.0 Å². The average Bonchev–Trinajstić information content (AvgIpc) is 2.68. The van der Waals surface area contributed by atoms with E-state index in [4.69, 9.17) is 4.74 Å². The van der Waals surface area contributed by atoms with E-state index in [1.807, 2.05) is 37.3 Å². The van der Waals surface area contributed by atoms with Gasteiger partial charge in [-0.2, -0.15) is 0 Å². The highest BCUT2D eigenvalue weighted by atomic mass is 16.5. The number of nitrogens with one attached hydrogen (secondary N) is 1. The molecule has 1 N–H and O–H groups in total. The third kappa shape index (κ3) is 4.67. The molecule has 1 aliphatic heterocycles. The number of hydrogen-bond donors (Lipinski definition) is 1. The minimum atomic E-state index is -0.604. The molecule has 0 saturated carbocycles. The summed E-state index contributed by atoms with van der Waals surface area (Å²) in [4.78, 5) is 30.4. The molecule has 0 bridgehead atoms. The van der Waals surface area contributed by atoms with Crippen molar-refractivity contribution in [3.8, 4) is 0 Å². The molecule has 136 valence electrons. The minimum absolute atomic E-state index is 0.0702. The van der Waals surface area contributed by atoms with Crippen LogP contribution in [0.25, 0.3) is 0 Å². The van der Waals surface area contributed by atoms with Crippen molar-refractivity contribution in [2.75, 3.05) is 18.4 Å². The molecule has 1 unspecified atom stereocenters. The van der Waals surface area contributed by atoms with Crippen LogP contribution in [0.3, 0.4) is 0 Å². The number of carbonyl (C=O) groups excluding carboxylic acids is 2. The SMILES string of the molecule is Cc1ccccc1NC(=O)C(=O)N1CCCC(OCc2cccnc2)C1. The van der Waals surface area contributed by atoms with E-state index in [2.05, 4.69) is 10.3 Å². The lowest BCUT2D eigenvalue weighted by Gasteiger charge is -2.32. The Morgan fingerprint density at radius 3 is 2.88 bits per heavy atom. The van der Waals surface area contributed by atoms with E-state index < -0.39 is 11.8 Å². The fourth-order valence-electron chi connectivity index (χ4n) is 2.99. The molecule has 1 aromatic carbocycles. The number of pyridine rings is 1. The van der Waals surface area contributed by atoms with Crippen molar-refractivity contribution in [3.63, 3.8) is 0 Å². The van der Waals surface area contributed by atoms with E-state index in [0.29, 0.717) is 25.4 Å². The Bertz CT molecular complexity index is 764. The standard InChI is InChI=1S/C20H23N3O3/c1-15-6-2-3-9-18(15)22-19(24)20(25)23-11-5-8-17(13-23)26-14-16-7-4-10-21-12-16/h2-4,6-7,9-10,12,17H,5,8,11,13-14H2,1H3,(H,22,24). The van der Waals surface area contributed by atoms with Crippen molar-refractivity contribution >= 4 is 17.5 Å². The lowest BCUT2D eigenvalue weighted by atomic mass is 10.1. The Labute approximate surface area is 153 Å². The molecular formula is C20H23N3O3. The van der Waals surface area contributed by atoms with Crippen LogP contribution in [0.15, 0.2) is 48.8 Å². The second-order valence-corrected chi connectivity index (χ2v) is 6.46. The zero-order chi connectivity index (χ0) is 18.4. The Morgan fingerprint density at radius 1 is 1.27 bits per heavy atom. The van der Waals surface area contributed by atoms with Crippen LogP contribution in [0.5, 0.6) is 0 Å². The van der Waals surface area contributed by atoms with E-state index in [9.17, 15) is 9.59 Å². The molecule has 2 heterocycles. The number of anilines is 1. The number of likely N-dealkylation sites (tertiary alicyclic amines) is 1. The Morgan fingerprint density at radius 2 is 2.12 bits per heavy atom. The molecule has 1 aromatic heterocycles. The summed E-state index contributed by atoms with van der Waals surface area (Å²) in [5, 5.41) is 2.70. The highest BCUT2D eigenvalue weighted by Gasteiger charge is 2.28. The fraction of sp³-hybridized carbons (Fsp3) is 0.350. The van der Waals surface area contributed by atoms with Crippen LogP contribution < -0.4 is 5.32 Å². The molecule has 0 spiro atoms. The third-order valence-electron chi connectivity index (χ3n) is 4.46. The van der Waals surface area contributed by atoms with Gasteiger partial charge in [0, 0.05) is 31.2 Å². The molecule has 2 aromatic rings. The van der Waals surface area contributed by atoms with Gasteiger partial charge >= 0.3 is 11.8 Å². The van der Waals surface area contributed by atoms with Gasteiger partial charge in [0.2, 0.25) is 0 Å². The lowest BCUT2D eigenvalue weighted by molar-refractivity contribution is -0.146. The summed E-state index contributed by atoms with van der Waals surface area (Å²) in [6.07, 6.45) is 5.11. The van der Waals surface area contributed by atoms with E-state index in [-0.39, 0.29) is 6.10 Å². The summed E-state index contributed by atoms with van der Waals surface area (Å²) in [7, 11) is 0. The summed E-state index contributed by atoms with van der Waals surface area (Å²) < 4.78 is 5.90. The number of rotatable bonds is 4. The number of aryl methyl sites for hydroxylation is 1. The van der Waals surface area contributed by atoms with Crippen molar-refractivity contribution in [2.24, 2.45) is 0 Å². The molecule has 6 heteroatoms. The van der Waals surface area contributed by atoms with Crippen molar-refractivity contribution in [2.45, 2.75) is 32.5 Å². The minimum Gasteiger partial charge on any atom is -0.372 e. The molecule has 2 amide bonds. The number of piperidine rings is 1. The van der Waals surface area contributed by atoms with Crippen LogP contribution in [0.2, 0.25) is 0 Å². The zero-order valence-electron chi connectivity index (χ0n) is 14.9. The van der Waals surface area contributed by atoms with Gasteiger partial charge in [0.1, 0.15) is 0 Å². The maximum atomic E-state index is 12.5. The monoisotopic (exact) mass is 353 g/mol. The molecule has 1 fully saturated rings. The van der Waals surface area contributed by atoms with E-state index in [1.165, 1.54) is 0 Å². The van der Waals surface area contributed by atoms with Crippen LogP contribution in [0.4, 0.5) is 5.69 Å². The first-order valence-electron chi connectivity index (χ1n) is 8.80. The fourth-order valence-corrected chi connectivity index (χ4v) is 2.99. The van der Waals surface area contributed by atoms with E-state index in [0.717, 1.165) is 24.0 Å². The van der Waals surface area contributed by atoms with Gasteiger partial charge in [-0.05, 0) is 43.0 Å². The predicted molar refractivity (Wildman–Crippen MR) is 98.4 cm³/mol. The van der Waals surface area contributed by atoms with Gasteiger partial charge in [-0.1, -0.05) is 24.3 Å². The molecule has 1 aliphatic rings. The summed E-state index contributed by atoms with van der Waals surface area (Å²) in [6.45, 7) is 3.35. The second kappa shape index (κ2) is 8.58. The van der Waals surface area contributed by atoms with Gasteiger partial charge in [0.25, 0.3) is 0 Å². The number of hydrogen-bond acceptors (Lipinski definition) is 4. The van der Waals surface area contributed by atoms with Crippen LogP contribution in [-0.2, 0) is 20.9 Å². The van der Waals surface area contributed by atoms with Gasteiger partial charge in [-0.25, -0.2) is 0 Å². The quantitative estimate of drug-likeness (QED) is 0.858. The van der Waals surface area contributed by atoms with E-state index >= 15 is 0 Å². The predicted octanol–water partition coefficient (Wildman–Crippen LogP) is 2.54. The number of nitrogens with zero attached hydrogens (tertiary/aromatic N) is 2. The van der Waals surface area contributed by atoms with Crippen molar-refractivity contribution in [1.82, 2.24) is 9.88 Å². The van der Waals surface area contributed by atoms with Gasteiger partial charge < -0.3 is 15.0 Å².